The third kappa shape index (κ3) is 3.23. The maximum Gasteiger partial charge on any atom is 0.161 e. The first-order chi connectivity index (χ1) is 14.2. The van der Waals surface area contributed by atoms with Crippen molar-refractivity contribution in [1.82, 2.24) is 29.1 Å². The molecule has 0 saturated heterocycles. The summed E-state index contributed by atoms with van der Waals surface area (Å²) in [6.45, 7) is 3.96. The van der Waals surface area contributed by atoms with Crippen LogP contribution in [-0.2, 0) is 0 Å². The van der Waals surface area contributed by atoms with E-state index in [4.69, 9.17) is 4.98 Å². The van der Waals surface area contributed by atoms with E-state index in [1.165, 1.54) is 5.56 Å². The summed E-state index contributed by atoms with van der Waals surface area (Å²) in [5.74, 6) is 1.46. The molecule has 0 saturated carbocycles. The Balaban J connectivity index is 1.47. The lowest BCUT2D eigenvalue weighted by Gasteiger charge is -2.07. The van der Waals surface area contributed by atoms with E-state index in [0.29, 0.717) is 0 Å². The fourth-order valence-corrected chi connectivity index (χ4v) is 3.30. The first-order valence-electron chi connectivity index (χ1n) is 9.33. The van der Waals surface area contributed by atoms with Crippen LogP contribution in [0.25, 0.3) is 22.6 Å². The second-order valence-corrected chi connectivity index (χ2v) is 6.86. The van der Waals surface area contributed by atoms with Gasteiger partial charge in [-0.1, -0.05) is 24.3 Å². The zero-order chi connectivity index (χ0) is 19.8. The minimum Gasteiger partial charge on any atom is -0.337 e. The Morgan fingerprint density at radius 1 is 0.931 bits per heavy atom. The van der Waals surface area contributed by atoms with Crippen LogP contribution in [0.3, 0.4) is 0 Å². The number of hydrogen-bond donors (Lipinski definition) is 1. The van der Waals surface area contributed by atoms with Crippen LogP contribution in [0.5, 0.6) is 0 Å². The highest BCUT2D eigenvalue weighted by Gasteiger charge is 2.10. The molecule has 1 aromatic carbocycles. The lowest BCUT2D eigenvalue weighted by Crippen LogP contribution is -1.99. The predicted octanol–water partition coefficient (Wildman–Crippen LogP) is 4.34. The molecule has 0 amide bonds. The van der Waals surface area contributed by atoms with E-state index in [1.807, 2.05) is 60.1 Å². The second kappa shape index (κ2) is 6.87. The number of anilines is 2. The van der Waals surface area contributed by atoms with Crippen LogP contribution in [0.1, 0.15) is 11.4 Å². The van der Waals surface area contributed by atoms with Crippen molar-refractivity contribution in [3.63, 3.8) is 0 Å². The van der Waals surface area contributed by atoms with E-state index < -0.39 is 0 Å². The maximum atomic E-state index is 4.86. The van der Waals surface area contributed by atoms with Gasteiger partial charge in [-0.05, 0) is 43.7 Å². The van der Waals surface area contributed by atoms with Crippen molar-refractivity contribution in [2.45, 2.75) is 13.8 Å². The molecule has 4 heterocycles. The fourth-order valence-electron chi connectivity index (χ4n) is 3.30. The summed E-state index contributed by atoms with van der Waals surface area (Å²) in [6.07, 6.45) is 7.49. The minimum atomic E-state index is 0.725. The first kappa shape index (κ1) is 17.1. The molecular formula is C22H19N7. The van der Waals surface area contributed by atoms with Crippen molar-refractivity contribution in [3.8, 4) is 16.9 Å². The number of nitrogens with one attached hydrogen (secondary N) is 1. The molecule has 4 aromatic heterocycles. The van der Waals surface area contributed by atoms with Gasteiger partial charge in [0.15, 0.2) is 5.65 Å². The summed E-state index contributed by atoms with van der Waals surface area (Å²) < 4.78 is 3.73. The number of imidazole rings is 1. The normalized spacial score (nSPS) is 11.1. The van der Waals surface area contributed by atoms with Crippen molar-refractivity contribution in [2.24, 2.45) is 0 Å². The maximum absolute atomic E-state index is 4.86. The smallest absolute Gasteiger partial charge is 0.161 e. The largest absolute Gasteiger partial charge is 0.337 e. The summed E-state index contributed by atoms with van der Waals surface area (Å²) in [7, 11) is 0. The number of aromatic nitrogens is 6. The lowest BCUT2D eigenvalue weighted by atomic mass is 10.1. The molecular weight excluding hydrogens is 362 g/mol. The molecule has 0 atom stereocenters. The Morgan fingerprint density at radius 2 is 1.83 bits per heavy atom. The Kier molecular flexibility index (Phi) is 4.05. The molecule has 0 spiro atoms. The molecule has 0 bridgehead atoms. The lowest BCUT2D eigenvalue weighted by molar-refractivity contribution is 0.857. The molecule has 0 radical (unpaired) electrons. The molecule has 29 heavy (non-hydrogen) atoms. The third-order valence-electron chi connectivity index (χ3n) is 4.79. The van der Waals surface area contributed by atoms with Gasteiger partial charge in [-0.25, -0.2) is 19.6 Å². The van der Waals surface area contributed by atoms with Crippen LogP contribution in [0, 0.1) is 13.8 Å². The van der Waals surface area contributed by atoms with Crippen LogP contribution >= 0.6 is 0 Å². The summed E-state index contributed by atoms with van der Waals surface area (Å²) in [4.78, 5) is 13.5. The van der Waals surface area contributed by atoms with Gasteiger partial charge >= 0.3 is 0 Å². The van der Waals surface area contributed by atoms with Gasteiger partial charge in [0.05, 0.1) is 23.3 Å². The highest BCUT2D eigenvalue weighted by Crippen LogP contribution is 2.26. The molecule has 5 rings (SSSR count). The third-order valence-corrected chi connectivity index (χ3v) is 4.79. The topological polar surface area (TPSA) is 72.9 Å². The van der Waals surface area contributed by atoms with Crippen LogP contribution in [0.15, 0.2) is 73.4 Å². The van der Waals surface area contributed by atoms with Gasteiger partial charge in [0.25, 0.3) is 0 Å². The SMILES string of the molecule is Cc1ncn(-c2ccc(Nc3cccn4cc(-c5ccccc5C)nc34)nc2)n1. The zero-order valence-electron chi connectivity index (χ0n) is 16.1. The minimum absolute atomic E-state index is 0.725. The Hall–Kier alpha value is -4.00. The number of nitrogens with zero attached hydrogens (tertiary/aromatic N) is 6. The van der Waals surface area contributed by atoms with Crippen LogP contribution in [-0.4, -0.2) is 29.1 Å². The Labute approximate surface area is 167 Å². The summed E-state index contributed by atoms with van der Waals surface area (Å²) in [5, 5.41) is 7.68. The molecule has 0 aliphatic heterocycles. The molecule has 0 unspecified atom stereocenters. The molecule has 7 heteroatoms. The first-order valence-corrected chi connectivity index (χ1v) is 9.33. The molecule has 7 nitrogen and oxygen atoms in total. The van der Waals surface area contributed by atoms with E-state index in [1.54, 1.807) is 17.2 Å². The molecule has 1 N–H and O–H groups in total. The van der Waals surface area contributed by atoms with Gasteiger partial charge in [-0.15, -0.1) is 0 Å². The van der Waals surface area contributed by atoms with E-state index >= 15 is 0 Å². The number of pyridine rings is 2. The van der Waals surface area contributed by atoms with Crippen molar-refractivity contribution < 1.29 is 0 Å². The highest BCUT2D eigenvalue weighted by atomic mass is 15.3. The number of aryl methyl sites for hydroxylation is 2. The monoisotopic (exact) mass is 381 g/mol. The van der Waals surface area contributed by atoms with E-state index in [-0.39, 0.29) is 0 Å². The quantitative estimate of drug-likeness (QED) is 0.501. The predicted molar refractivity (Wildman–Crippen MR) is 113 cm³/mol. The number of benzene rings is 1. The summed E-state index contributed by atoms with van der Waals surface area (Å²) in [5.41, 5.74) is 5.88. The van der Waals surface area contributed by atoms with Crippen LogP contribution < -0.4 is 5.32 Å². The molecule has 0 aliphatic rings. The molecule has 5 aromatic rings. The van der Waals surface area contributed by atoms with Crippen molar-refractivity contribution in [1.29, 1.82) is 0 Å². The zero-order valence-corrected chi connectivity index (χ0v) is 16.1. The average molecular weight is 381 g/mol. The fraction of sp³-hybridized carbons (Fsp3) is 0.0909. The number of hydrogen-bond acceptors (Lipinski definition) is 5. The standard InChI is InChI=1S/C22H19N7/c1-15-6-3-4-7-18(15)20-13-28-11-5-8-19(22(28)26-20)25-21-10-9-17(12-23-21)29-14-24-16(2)27-29/h3-14H,1-2H3,(H,23,25). The van der Waals surface area contributed by atoms with Gasteiger partial charge in [-0.2, -0.15) is 5.10 Å². The van der Waals surface area contributed by atoms with Gasteiger partial charge < -0.3 is 9.72 Å². The molecule has 0 aliphatic carbocycles. The van der Waals surface area contributed by atoms with Crippen LogP contribution in [0.4, 0.5) is 11.5 Å². The van der Waals surface area contributed by atoms with E-state index in [0.717, 1.165) is 39.9 Å². The van der Waals surface area contributed by atoms with Gasteiger partial charge in [0.2, 0.25) is 0 Å². The van der Waals surface area contributed by atoms with Gasteiger partial charge in [0.1, 0.15) is 18.0 Å². The van der Waals surface area contributed by atoms with Gasteiger partial charge in [-0.3, -0.25) is 0 Å². The number of rotatable bonds is 4. The Bertz CT molecular complexity index is 1300. The highest BCUT2D eigenvalue weighted by molar-refractivity contribution is 5.76. The van der Waals surface area contributed by atoms with E-state index in [9.17, 15) is 0 Å². The van der Waals surface area contributed by atoms with E-state index in [2.05, 4.69) is 39.4 Å². The molecule has 142 valence electrons. The molecule has 0 fully saturated rings. The average Bonchev–Trinajstić information content (AvgIpc) is 3.36. The van der Waals surface area contributed by atoms with Crippen molar-refractivity contribution in [2.75, 3.05) is 5.32 Å². The summed E-state index contributed by atoms with van der Waals surface area (Å²) >= 11 is 0. The Morgan fingerprint density at radius 3 is 2.59 bits per heavy atom. The summed E-state index contributed by atoms with van der Waals surface area (Å²) in [6, 6.07) is 16.1. The van der Waals surface area contributed by atoms with Crippen molar-refractivity contribution >= 4 is 17.2 Å². The van der Waals surface area contributed by atoms with Crippen molar-refractivity contribution in [3.05, 3.63) is 84.8 Å². The van der Waals surface area contributed by atoms with Crippen LogP contribution in [0.2, 0.25) is 0 Å². The number of fused-ring (bicyclic) bond motifs is 1. The van der Waals surface area contributed by atoms with Gasteiger partial charge in [0, 0.05) is 18.0 Å². The second-order valence-electron chi connectivity index (χ2n) is 6.86.